The van der Waals surface area contributed by atoms with Gasteiger partial charge in [-0.3, -0.25) is 0 Å². The van der Waals surface area contributed by atoms with Crippen LogP contribution in [0.2, 0.25) is 0 Å². The lowest BCUT2D eigenvalue weighted by Crippen LogP contribution is -2.59. The van der Waals surface area contributed by atoms with Crippen molar-refractivity contribution in [3.63, 3.8) is 0 Å². The molecule has 1 N–H and O–H groups in total. The molecule has 0 aromatic heterocycles. The number of ether oxygens (including phenoxy) is 4. The highest BCUT2D eigenvalue weighted by atomic mass is 19.1. The minimum absolute atomic E-state index is 0.0806. The molecule has 1 aliphatic rings. The van der Waals surface area contributed by atoms with Crippen LogP contribution in [0.3, 0.4) is 0 Å². The summed E-state index contributed by atoms with van der Waals surface area (Å²) < 4.78 is 38.0. The number of benzene rings is 3. The van der Waals surface area contributed by atoms with Crippen molar-refractivity contribution in [2.45, 2.75) is 50.6 Å². The average molecular weight is 453 g/mol. The van der Waals surface area contributed by atoms with Gasteiger partial charge >= 0.3 is 0 Å². The molecule has 174 valence electrons. The molecule has 5 nitrogen and oxygen atoms in total. The third-order valence-corrected chi connectivity index (χ3v) is 5.57. The van der Waals surface area contributed by atoms with Crippen molar-refractivity contribution in [3.05, 3.63) is 108 Å². The fraction of sp³-hybridized carbons (Fsp3) is 0.333. The molecule has 0 spiro atoms. The van der Waals surface area contributed by atoms with E-state index in [1.807, 2.05) is 91.0 Å². The Balaban J connectivity index is 1.41. The van der Waals surface area contributed by atoms with Crippen LogP contribution in [-0.2, 0) is 38.8 Å². The molecule has 6 heteroatoms. The first-order valence-corrected chi connectivity index (χ1v) is 11.1. The first-order chi connectivity index (χ1) is 16.2. The Kier molecular flexibility index (Phi) is 8.58. The van der Waals surface area contributed by atoms with E-state index in [-0.39, 0.29) is 19.8 Å². The maximum absolute atomic E-state index is 14.9. The number of aliphatic hydroxyl groups excluding tert-OH is 1. The van der Waals surface area contributed by atoms with Crippen molar-refractivity contribution >= 4 is 0 Å². The van der Waals surface area contributed by atoms with Crippen molar-refractivity contribution in [2.24, 2.45) is 0 Å². The van der Waals surface area contributed by atoms with Gasteiger partial charge in [0.2, 0.25) is 6.36 Å². The summed E-state index contributed by atoms with van der Waals surface area (Å²) in [5.41, 5.74) is 2.82. The van der Waals surface area contributed by atoms with Crippen LogP contribution in [0.25, 0.3) is 0 Å². The zero-order valence-electron chi connectivity index (χ0n) is 18.3. The van der Waals surface area contributed by atoms with E-state index in [0.29, 0.717) is 6.61 Å². The van der Waals surface area contributed by atoms with Gasteiger partial charge in [-0.15, -0.1) is 0 Å². The Bertz CT molecular complexity index is 939. The summed E-state index contributed by atoms with van der Waals surface area (Å²) in [6, 6.07) is 28.7. The summed E-state index contributed by atoms with van der Waals surface area (Å²) in [4.78, 5) is 0. The van der Waals surface area contributed by atoms with Gasteiger partial charge in [0.15, 0.2) is 0 Å². The molecule has 1 heterocycles. The molecule has 0 aliphatic carbocycles. The normalized spacial score (nSPS) is 25.1. The van der Waals surface area contributed by atoms with E-state index in [1.165, 1.54) is 0 Å². The highest BCUT2D eigenvalue weighted by molar-refractivity contribution is 5.15. The molecule has 1 fully saturated rings. The van der Waals surface area contributed by atoms with Gasteiger partial charge in [-0.1, -0.05) is 91.0 Å². The van der Waals surface area contributed by atoms with Crippen molar-refractivity contribution in [3.8, 4) is 0 Å². The molecule has 5 atom stereocenters. The molecule has 33 heavy (non-hydrogen) atoms. The second-order valence-corrected chi connectivity index (χ2v) is 8.04. The number of rotatable bonds is 10. The van der Waals surface area contributed by atoms with Crippen LogP contribution < -0.4 is 0 Å². The molecule has 0 bridgehead atoms. The van der Waals surface area contributed by atoms with E-state index < -0.39 is 30.8 Å². The summed E-state index contributed by atoms with van der Waals surface area (Å²) >= 11 is 0. The molecular formula is C27H29FO5. The molecule has 1 saturated heterocycles. The van der Waals surface area contributed by atoms with Crippen molar-refractivity contribution in [2.75, 3.05) is 6.61 Å². The average Bonchev–Trinajstić information content (AvgIpc) is 2.85. The summed E-state index contributed by atoms with van der Waals surface area (Å²) in [5.74, 6) is 0. The van der Waals surface area contributed by atoms with Gasteiger partial charge in [-0.25, -0.2) is 4.39 Å². The van der Waals surface area contributed by atoms with Gasteiger partial charge in [0.25, 0.3) is 0 Å². The zero-order chi connectivity index (χ0) is 22.9. The third kappa shape index (κ3) is 6.69. The van der Waals surface area contributed by atoms with Crippen LogP contribution in [0.15, 0.2) is 91.0 Å². The Morgan fingerprint density at radius 3 is 1.64 bits per heavy atom. The maximum Gasteiger partial charge on any atom is 0.228 e. The van der Waals surface area contributed by atoms with Gasteiger partial charge in [0, 0.05) is 0 Å². The quantitative estimate of drug-likeness (QED) is 0.493. The summed E-state index contributed by atoms with van der Waals surface area (Å²) in [7, 11) is 0. The van der Waals surface area contributed by atoms with Crippen molar-refractivity contribution in [1.29, 1.82) is 0 Å². The van der Waals surface area contributed by atoms with Crippen molar-refractivity contribution < 1.29 is 28.4 Å². The lowest BCUT2D eigenvalue weighted by molar-refractivity contribution is -0.288. The van der Waals surface area contributed by atoms with Crippen LogP contribution in [0.4, 0.5) is 4.39 Å². The predicted molar refractivity (Wildman–Crippen MR) is 122 cm³/mol. The minimum atomic E-state index is -1.80. The molecule has 0 amide bonds. The zero-order valence-corrected chi connectivity index (χ0v) is 18.3. The molecule has 1 unspecified atom stereocenters. The Morgan fingerprint density at radius 2 is 1.12 bits per heavy atom. The molecular weight excluding hydrogens is 423 g/mol. The van der Waals surface area contributed by atoms with E-state index >= 15 is 0 Å². The van der Waals surface area contributed by atoms with E-state index in [4.69, 9.17) is 18.9 Å². The summed E-state index contributed by atoms with van der Waals surface area (Å²) in [6.07, 6.45) is -5.78. The fourth-order valence-electron chi connectivity index (χ4n) is 3.80. The predicted octanol–water partition coefficient (Wildman–Crippen LogP) is 4.43. The Morgan fingerprint density at radius 1 is 0.667 bits per heavy atom. The number of hydrogen-bond acceptors (Lipinski definition) is 5. The van der Waals surface area contributed by atoms with E-state index in [1.54, 1.807) is 0 Å². The smallest absolute Gasteiger partial charge is 0.228 e. The monoisotopic (exact) mass is 452 g/mol. The molecule has 3 aromatic carbocycles. The SMILES string of the molecule is O[C@H]1[C@@H](OCc2ccccc2)[C@@H](COCc2ccccc2)OC(F)[C@@H]1OCc1ccccc1. The fourth-order valence-corrected chi connectivity index (χ4v) is 3.80. The van der Waals surface area contributed by atoms with Gasteiger partial charge in [0.05, 0.1) is 26.4 Å². The topological polar surface area (TPSA) is 57.2 Å². The second-order valence-electron chi connectivity index (χ2n) is 8.04. The standard InChI is InChI=1S/C27H29FO5/c28-27-26(32-18-22-14-8-3-9-15-22)24(29)25(31-17-21-12-6-2-7-13-21)23(33-27)19-30-16-20-10-4-1-5-11-20/h1-15,23-27,29H,16-19H2/t23-,24+,25+,26-,27?/m1/s1. The van der Waals surface area contributed by atoms with Crippen LogP contribution in [0.1, 0.15) is 16.7 Å². The van der Waals surface area contributed by atoms with Crippen LogP contribution >= 0.6 is 0 Å². The molecule has 1 aliphatic heterocycles. The number of halogens is 1. The Labute approximate surface area is 193 Å². The molecule has 0 saturated carbocycles. The van der Waals surface area contributed by atoms with Gasteiger partial charge in [-0.05, 0) is 16.7 Å². The lowest BCUT2D eigenvalue weighted by Gasteiger charge is -2.41. The van der Waals surface area contributed by atoms with Gasteiger partial charge in [-0.2, -0.15) is 0 Å². The van der Waals surface area contributed by atoms with E-state index in [9.17, 15) is 9.50 Å². The minimum Gasteiger partial charge on any atom is -0.387 e. The van der Waals surface area contributed by atoms with Crippen LogP contribution in [-0.4, -0.2) is 42.5 Å². The highest BCUT2D eigenvalue weighted by Gasteiger charge is 2.47. The summed E-state index contributed by atoms with van der Waals surface area (Å²) in [6.45, 7) is 0.848. The molecule has 0 radical (unpaired) electrons. The molecule has 3 aromatic rings. The maximum atomic E-state index is 14.9. The first kappa shape index (κ1) is 23.5. The van der Waals surface area contributed by atoms with E-state index in [2.05, 4.69) is 0 Å². The number of aliphatic hydroxyl groups is 1. The number of hydrogen-bond donors (Lipinski definition) is 1. The second kappa shape index (κ2) is 12.0. The highest BCUT2D eigenvalue weighted by Crippen LogP contribution is 2.28. The third-order valence-electron chi connectivity index (χ3n) is 5.57. The van der Waals surface area contributed by atoms with Gasteiger partial charge < -0.3 is 24.1 Å². The van der Waals surface area contributed by atoms with Crippen molar-refractivity contribution in [1.82, 2.24) is 0 Å². The Hall–Kier alpha value is -2.61. The van der Waals surface area contributed by atoms with E-state index in [0.717, 1.165) is 16.7 Å². The van der Waals surface area contributed by atoms with Gasteiger partial charge in [0.1, 0.15) is 24.4 Å². The summed E-state index contributed by atoms with van der Waals surface area (Å²) in [5, 5.41) is 11.0. The van der Waals surface area contributed by atoms with Crippen LogP contribution in [0, 0.1) is 0 Å². The number of alkyl halides is 1. The van der Waals surface area contributed by atoms with Crippen LogP contribution in [0.5, 0.6) is 0 Å². The molecule has 4 rings (SSSR count). The first-order valence-electron chi connectivity index (χ1n) is 11.1. The lowest BCUT2D eigenvalue weighted by atomic mass is 9.99. The largest absolute Gasteiger partial charge is 0.387 e.